The Morgan fingerprint density at radius 1 is 0.426 bits per heavy atom. The van der Waals surface area contributed by atoms with Crippen molar-refractivity contribution < 1.29 is 18.5 Å². The SMILES string of the molecule is CCCCCCCC/C=C\CCCCCCCCO[P+]([O-])(OCCCCCCCC/C=C\CCCCCCCC)Oc1cc(Cc2ccncc2)cc(Cc2ccncc2)c1. The van der Waals surface area contributed by atoms with Crippen molar-refractivity contribution in [2.24, 2.45) is 0 Å². The molecule has 0 N–H and O–H groups in total. The fourth-order valence-electron chi connectivity index (χ4n) is 7.73. The smallest absolute Gasteiger partial charge is 0.429 e. The van der Waals surface area contributed by atoms with E-state index in [1.165, 1.54) is 141 Å². The second kappa shape index (κ2) is 36.6. The third-order valence-corrected chi connectivity index (χ3v) is 12.8. The third kappa shape index (κ3) is 28.4. The summed E-state index contributed by atoms with van der Waals surface area (Å²) in [5, 5.41) is 0. The van der Waals surface area contributed by atoms with E-state index < -0.39 is 8.17 Å². The first-order valence-corrected chi connectivity index (χ1v) is 26.4. The van der Waals surface area contributed by atoms with Gasteiger partial charge in [-0.25, -0.2) is 0 Å². The van der Waals surface area contributed by atoms with E-state index in [9.17, 15) is 4.89 Å². The maximum atomic E-state index is 14.3. The Morgan fingerprint density at radius 2 is 0.754 bits per heavy atom. The fourth-order valence-corrected chi connectivity index (χ4v) is 8.98. The summed E-state index contributed by atoms with van der Waals surface area (Å²) in [6.07, 6.45) is 52.9. The van der Waals surface area contributed by atoms with Crippen LogP contribution < -0.4 is 9.42 Å². The van der Waals surface area contributed by atoms with Crippen LogP contribution in [0.2, 0.25) is 0 Å². The van der Waals surface area contributed by atoms with E-state index >= 15 is 0 Å². The molecular formula is C54H85N2O4P. The van der Waals surface area contributed by atoms with Crippen molar-refractivity contribution >= 4 is 8.17 Å². The van der Waals surface area contributed by atoms with Gasteiger partial charge in [0.2, 0.25) is 0 Å². The number of aromatic nitrogens is 2. The maximum Gasteiger partial charge on any atom is 0.429 e. The maximum absolute atomic E-state index is 14.3. The summed E-state index contributed by atoms with van der Waals surface area (Å²) in [7, 11) is -3.86. The van der Waals surface area contributed by atoms with Gasteiger partial charge in [-0.3, -0.25) is 14.5 Å². The van der Waals surface area contributed by atoms with E-state index in [4.69, 9.17) is 13.6 Å². The van der Waals surface area contributed by atoms with Crippen LogP contribution in [0.25, 0.3) is 0 Å². The molecule has 2 aromatic heterocycles. The minimum Gasteiger partial charge on any atom is -0.598 e. The molecule has 0 radical (unpaired) electrons. The first-order chi connectivity index (χ1) is 30.1. The molecule has 0 amide bonds. The third-order valence-electron chi connectivity index (χ3n) is 11.4. The van der Waals surface area contributed by atoms with Gasteiger partial charge in [-0.2, -0.15) is 9.05 Å². The number of phosphoric ester groups is 1. The van der Waals surface area contributed by atoms with E-state index in [1.54, 1.807) is 0 Å². The molecule has 0 bridgehead atoms. The molecule has 1 aromatic carbocycles. The number of phosphoric acid groups is 1. The minimum atomic E-state index is -3.86. The normalized spacial score (nSPS) is 12.0. The van der Waals surface area contributed by atoms with Gasteiger partial charge in [0.15, 0.2) is 5.75 Å². The highest BCUT2D eigenvalue weighted by atomic mass is 31.2. The van der Waals surface area contributed by atoms with Crippen LogP contribution in [-0.2, 0) is 21.9 Å². The van der Waals surface area contributed by atoms with Gasteiger partial charge in [-0.05, 0) is 136 Å². The lowest BCUT2D eigenvalue weighted by Crippen LogP contribution is -2.22. The lowest BCUT2D eigenvalue weighted by molar-refractivity contribution is -0.240. The first kappa shape index (κ1) is 52.5. The molecular weight excluding hydrogens is 772 g/mol. The Hall–Kier alpha value is -2.89. The van der Waals surface area contributed by atoms with Crippen LogP contribution in [0.1, 0.15) is 216 Å². The van der Waals surface area contributed by atoms with Crippen LogP contribution in [0.3, 0.4) is 0 Å². The molecule has 2 heterocycles. The van der Waals surface area contributed by atoms with Crippen molar-refractivity contribution in [3.63, 3.8) is 0 Å². The second-order valence-electron chi connectivity index (χ2n) is 17.1. The van der Waals surface area contributed by atoms with Crippen molar-refractivity contribution in [3.05, 3.63) is 114 Å². The minimum absolute atomic E-state index is 0.354. The van der Waals surface area contributed by atoms with Crippen molar-refractivity contribution in [2.45, 2.75) is 206 Å². The molecule has 7 heteroatoms. The monoisotopic (exact) mass is 857 g/mol. The van der Waals surface area contributed by atoms with Crippen LogP contribution in [0, 0.1) is 0 Å². The number of hydrogen-bond donors (Lipinski definition) is 0. The molecule has 61 heavy (non-hydrogen) atoms. The van der Waals surface area contributed by atoms with Crippen LogP contribution in [0.4, 0.5) is 0 Å². The summed E-state index contributed by atoms with van der Waals surface area (Å²) in [6.45, 7) is 5.26. The predicted molar refractivity (Wildman–Crippen MR) is 259 cm³/mol. The summed E-state index contributed by atoms with van der Waals surface area (Å²) in [5.41, 5.74) is 4.44. The van der Waals surface area contributed by atoms with Gasteiger partial charge in [-0.1, -0.05) is 160 Å². The zero-order valence-electron chi connectivity index (χ0n) is 38.8. The molecule has 3 aromatic rings. The van der Waals surface area contributed by atoms with Crippen LogP contribution in [-0.4, -0.2) is 23.2 Å². The van der Waals surface area contributed by atoms with Crippen LogP contribution in [0.15, 0.2) is 91.6 Å². The summed E-state index contributed by atoms with van der Waals surface area (Å²) in [4.78, 5) is 22.7. The predicted octanol–water partition coefficient (Wildman–Crippen LogP) is 16.2. The van der Waals surface area contributed by atoms with Gasteiger partial charge in [0, 0.05) is 24.8 Å². The lowest BCUT2D eigenvalue weighted by Gasteiger charge is -2.25. The second-order valence-corrected chi connectivity index (χ2v) is 18.7. The average Bonchev–Trinajstić information content (AvgIpc) is 3.26. The zero-order chi connectivity index (χ0) is 43.2. The summed E-state index contributed by atoms with van der Waals surface area (Å²) in [6, 6.07) is 14.2. The summed E-state index contributed by atoms with van der Waals surface area (Å²) >= 11 is 0. The summed E-state index contributed by atoms with van der Waals surface area (Å²) < 4.78 is 18.4. The Morgan fingerprint density at radius 3 is 1.11 bits per heavy atom. The molecule has 0 atom stereocenters. The number of rotatable bonds is 40. The standard InChI is InChI=1S/C54H85N2O4P/c1-3-5-7-9-11-13-15-17-19-21-23-25-27-29-31-33-43-58-61(57,59-44-34-32-30-28-26-24-22-20-18-16-14-12-10-8-6-4-2)60-54-48-52(45-50-35-39-55-40-36-50)47-53(49-54)46-51-37-41-56-42-38-51/h17-20,35-42,47-49H,3-16,21-34,43-46H2,1-2H3/b19-17-,20-18-. The van der Waals surface area contributed by atoms with Crippen molar-refractivity contribution in [1.82, 2.24) is 9.97 Å². The molecule has 0 saturated heterocycles. The number of unbranched alkanes of at least 4 members (excludes halogenated alkanes) is 24. The highest BCUT2D eigenvalue weighted by Crippen LogP contribution is 2.54. The molecule has 3 rings (SSSR count). The van der Waals surface area contributed by atoms with Gasteiger partial charge >= 0.3 is 8.17 Å². The molecule has 340 valence electrons. The number of pyridine rings is 2. The van der Waals surface area contributed by atoms with Gasteiger partial charge < -0.3 is 4.89 Å². The van der Waals surface area contributed by atoms with Gasteiger partial charge in [-0.15, -0.1) is 0 Å². The van der Waals surface area contributed by atoms with Crippen LogP contribution in [0.5, 0.6) is 5.75 Å². The molecule has 0 unspecified atom stereocenters. The van der Waals surface area contributed by atoms with E-state index in [0.717, 1.165) is 60.8 Å². The van der Waals surface area contributed by atoms with Crippen molar-refractivity contribution in [3.8, 4) is 5.75 Å². The first-order valence-electron chi connectivity index (χ1n) is 24.9. The Kier molecular flexibility index (Phi) is 31.5. The highest BCUT2D eigenvalue weighted by Gasteiger charge is 2.35. The van der Waals surface area contributed by atoms with Gasteiger partial charge in [0.1, 0.15) is 0 Å². The van der Waals surface area contributed by atoms with Crippen LogP contribution >= 0.6 is 8.17 Å². The van der Waals surface area contributed by atoms with E-state index in [0.29, 0.717) is 31.8 Å². The largest absolute Gasteiger partial charge is 0.598 e. The molecule has 0 fully saturated rings. The average molecular weight is 857 g/mol. The fraction of sp³-hybridized carbons (Fsp3) is 0.630. The van der Waals surface area contributed by atoms with E-state index in [1.807, 2.05) is 61.2 Å². The highest BCUT2D eigenvalue weighted by molar-refractivity contribution is 7.54. The number of allylic oxidation sites excluding steroid dienone is 4. The number of benzene rings is 1. The van der Waals surface area contributed by atoms with Gasteiger partial charge in [0.25, 0.3) is 0 Å². The Bertz CT molecular complexity index is 1400. The molecule has 6 nitrogen and oxygen atoms in total. The zero-order valence-corrected chi connectivity index (χ0v) is 39.7. The number of hydrogen-bond acceptors (Lipinski definition) is 6. The molecule has 0 aliphatic rings. The molecule has 0 saturated carbocycles. The summed E-state index contributed by atoms with van der Waals surface area (Å²) in [5.74, 6) is 0.515. The molecule has 0 spiro atoms. The van der Waals surface area contributed by atoms with E-state index in [2.05, 4.69) is 54.2 Å². The topological polar surface area (TPSA) is 76.5 Å². The quantitative estimate of drug-likeness (QED) is 0.0322. The van der Waals surface area contributed by atoms with Gasteiger partial charge in [0.05, 0.1) is 13.2 Å². The molecule has 0 aliphatic carbocycles. The lowest BCUT2D eigenvalue weighted by atomic mass is 9.99. The van der Waals surface area contributed by atoms with E-state index in [-0.39, 0.29) is 0 Å². The number of nitrogens with zero attached hydrogens (tertiary/aromatic N) is 2. The Labute approximate surface area is 374 Å². The van der Waals surface area contributed by atoms with Crippen molar-refractivity contribution in [1.29, 1.82) is 0 Å². The molecule has 0 aliphatic heterocycles. The van der Waals surface area contributed by atoms with Crippen molar-refractivity contribution in [2.75, 3.05) is 13.2 Å². The Balaban J connectivity index is 1.45.